The van der Waals surface area contributed by atoms with Crippen LogP contribution in [0.4, 0.5) is 5.69 Å². The number of carbonyl (C=O) groups excluding carboxylic acids is 1. The van der Waals surface area contributed by atoms with Gasteiger partial charge in [-0.25, -0.2) is 18.2 Å². The summed E-state index contributed by atoms with van der Waals surface area (Å²) in [5.41, 5.74) is 4.36. The first-order valence-electron chi connectivity index (χ1n) is 14.0. The molecule has 6 rings (SSSR count). The number of hydrogen-bond donors (Lipinski definition) is 2. The molecule has 0 saturated carbocycles. The Labute approximate surface area is 250 Å². The van der Waals surface area contributed by atoms with Gasteiger partial charge in [-0.15, -0.1) is 0 Å². The maximum Gasteiger partial charge on any atom is 0.276 e. The maximum atomic E-state index is 13.7. The molecule has 11 heteroatoms. The lowest BCUT2D eigenvalue weighted by molar-refractivity contribution is 0.102. The minimum atomic E-state index is -3.88. The number of amides is 1. The molecule has 1 aromatic heterocycles. The van der Waals surface area contributed by atoms with Crippen molar-refractivity contribution in [3.8, 4) is 34.2 Å². The van der Waals surface area contributed by atoms with E-state index in [0.29, 0.717) is 48.4 Å². The summed E-state index contributed by atoms with van der Waals surface area (Å²) >= 11 is 0. The summed E-state index contributed by atoms with van der Waals surface area (Å²) in [4.78, 5) is 13.7. The third-order valence-electron chi connectivity index (χ3n) is 7.65. The Morgan fingerprint density at radius 2 is 1.65 bits per heavy atom. The number of carbonyl (C=O) groups is 1. The topological polar surface area (TPSA) is 135 Å². The molecule has 0 radical (unpaired) electrons. The summed E-state index contributed by atoms with van der Waals surface area (Å²) in [6, 6.07) is 17.1. The van der Waals surface area contributed by atoms with E-state index in [4.69, 9.17) is 19.3 Å². The second-order valence-corrected chi connectivity index (χ2v) is 14.1. The van der Waals surface area contributed by atoms with Crippen LogP contribution in [0.2, 0.25) is 0 Å². The molecule has 3 aromatic carbocycles. The van der Waals surface area contributed by atoms with Crippen molar-refractivity contribution >= 4 is 21.6 Å². The number of fused-ring (bicyclic) bond motifs is 2. The molecule has 0 saturated heterocycles. The van der Waals surface area contributed by atoms with Gasteiger partial charge in [0.2, 0.25) is 10.0 Å². The molecule has 2 aliphatic heterocycles. The largest absolute Gasteiger partial charge is 0.492 e. The zero-order chi connectivity index (χ0) is 30.7. The molecule has 0 aliphatic carbocycles. The highest BCUT2D eigenvalue weighted by molar-refractivity contribution is 7.89. The Kier molecular flexibility index (Phi) is 6.78. The molecule has 1 amide bonds. The second-order valence-electron chi connectivity index (χ2n) is 12.5. The second kappa shape index (κ2) is 10.1. The number of nitrogens with zero attached hydrogens (tertiary/aromatic N) is 2. The van der Waals surface area contributed by atoms with Crippen molar-refractivity contribution < 1.29 is 27.4 Å². The number of nitrogens with two attached hydrogens (primary N) is 1. The molecule has 0 atom stereocenters. The lowest BCUT2D eigenvalue weighted by Gasteiger charge is -2.24. The Bertz CT molecular complexity index is 1850. The van der Waals surface area contributed by atoms with Crippen LogP contribution in [0, 0.1) is 0 Å². The van der Waals surface area contributed by atoms with Crippen molar-refractivity contribution in [1.29, 1.82) is 0 Å². The van der Waals surface area contributed by atoms with Crippen LogP contribution in [-0.4, -0.2) is 43.9 Å². The molecule has 224 valence electrons. The van der Waals surface area contributed by atoms with Crippen LogP contribution in [0.5, 0.6) is 17.2 Å². The molecular formula is C32H34N4O6S. The van der Waals surface area contributed by atoms with Crippen LogP contribution in [-0.2, 0) is 20.9 Å². The number of aromatic nitrogens is 2. The summed E-state index contributed by atoms with van der Waals surface area (Å²) in [6.45, 7) is 12.1. The van der Waals surface area contributed by atoms with Crippen LogP contribution in [0.3, 0.4) is 0 Å². The first-order chi connectivity index (χ1) is 20.2. The Morgan fingerprint density at radius 1 is 0.953 bits per heavy atom. The number of nitrogens with one attached hydrogen (secondary N) is 1. The van der Waals surface area contributed by atoms with E-state index in [1.807, 2.05) is 30.3 Å². The number of primary sulfonamides is 1. The predicted octanol–water partition coefficient (Wildman–Crippen LogP) is 5.18. The van der Waals surface area contributed by atoms with Gasteiger partial charge < -0.3 is 19.5 Å². The van der Waals surface area contributed by atoms with Crippen molar-refractivity contribution in [3.63, 3.8) is 0 Å². The lowest BCUT2D eigenvalue weighted by atomic mass is 9.80. The fourth-order valence-electron chi connectivity index (χ4n) is 5.32. The number of anilines is 1. The van der Waals surface area contributed by atoms with E-state index in [-0.39, 0.29) is 21.4 Å². The number of hydrogen-bond acceptors (Lipinski definition) is 7. The zero-order valence-corrected chi connectivity index (χ0v) is 25.5. The van der Waals surface area contributed by atoms with Crippen molar-refractivity contribution in [1.82, 2.24) is 9.78 Å². The summed E-state index contributed by atoms with van der Waals surface area (Å²) in [7, 11) is -3.88. The molecule has 4 aromatic rings. The van der Waals surface area contributed by atoms with E-state index in [1.54, 1.807) is 22.9 Å². The van der Waals surface area contributed by atoms with Gasteiger partial charge in [-0.05, 0) is 66.1 Å². The molecular weight excluding hydrogens is 568 g/mol. The molecule has 0 fully saturated rings. The lowest BCUT2D eigenvalue weighted by Crippen LogP contribution is -2.19. The number of rotatable bonds is 5. The normalized spacial score (nSPS) is 15.5. The fraction of sp³-hybridized carbons (Fsp3) is 0.312. The smallest absolute Gasteiger partial charge is 0.276 e. The number of ether oxygens (including phenoxy) is 3. The van der Waals surface area contributed by atoms with Gasteiger partial charge >= 0.3 is 0 Å². The minimum Gasteiger partial charge on any atom is -0.492 e. The highest BCUT2D eigenvalue weighted by Gasteiger charge is 2.36. The first-order valence-corrected chi connectivity index (χ1v) is 15.5. The summed E-state index contributed by atoms with van der Waals surface area (Å²) < 4.78 is 42.8. The van der Waals surface area contributed by atoms with Crippen molar-refractivity contribution in [2.75, 3.05) is 25.1 Å². The van der Waals surface area contributed by atoms with Crippen molar-refractivity contribution in [3.05, 3.63) is 77.5 Å². The van der Waals surface area contributed by atoms with E-state index in [2.05, 4.69) is 45.0 Å². The van der Waals surface area contributed by atoms with Gasteiger partial charge in [0.05, 0.1) is 22.9 Å². The highest BCUT2D eigenvalue weighted by atomic mass is 32.2. The highest BCUT2D eigenvalue weighted by Crippen LogP contribution is 2.46. The van der Waals surface area contributed by atoms with E-state index in [9.17, 15) is 13.2 Å². The van der Waals surface area contributed by atoms with Gasteiger partial charge in [-0.3, -0.25) is 4.79 Å². The fourth-order valence-corrected chi connectivity index (χ4v) is 5.83. The quantitative estimate of drug-likeness (QED) is 0.322. The van der Waals surface area contributed by atoms with Crippen LogP contribution in [0.1, 0.15) is 56.2 Å². The van der Waals surface area contributed by atoms with Crippen LogP contribution >= 0.6 is 0 Å². The Hall–Kier alpha value is -4.35. The van der Waals surface area contributed by atoms with Gasteiger partial charge in [-0.2, -0.15) is 5.10 Å². The first kappa shape index (κ1) is 28.8. The SMILES string of the molecule is CC(C)(C)c1cc(NC(=O)c2cc(-c3ccc4c(c3)OCCO4)n(-c3ccc(S(N)(=O)=O)cc3)n2)cc2c1OCC2(C)C. The minimum absolute atomic E-state index is 0.0274. The molecule has 43 heavy (non-hydrogen) atoms. The molecule has 0 spiro atoms. The van der Waals surface area contributed by atoms with Gasteiger partial charge in [-0.1, -0.05) is 34.6 Å². The van der Waals surface area contributed by atoms with Crippen LogP contribution in [0.25, 0.3) is 16.9 Å². The number of benzene rings is 3. The average molecular weight is 603 g/mol. The van der Waals surface area contributed by atoms with E-state index in [0.717, 1.165) is 22.4 Å². The molecule has 0 bridgehead atoms. The third kappa shape index (κ3) is 5.46. The Morgan fingerprint density at radius 3 is 2.33 bits per heavy atom. The van der Waals surface area contributed by atoms with E-state index in [1.165, 1.54) is 12.1 Å². The van der Waals surface area contributed by atoms with Crippen molar-refractivity contribution in [2.24, 2.45) is 5.14 Å². The van der Waals surface area contributed by atoms with E-state index >= 15 is 0 Å². The molecule has 10 nitrogen and oxygen atoms in total. The predicted molar refractivity (Wildman–Crippen MR) is 163 cm³/mol. The Balaban J connectivity index is 1.41. The van der Waals surface area contributed by atoms with Gasteiger partial charge in [0.15, 0.2) is 17.2 Å². The average Bonchev–Trinajstić information content (AvgIpc) is 3.53. The molecule has 2 aliphatic rings. The van der Waals surface area contributed by atoms with Gasteiger partial charge in [0.25, 0.3) is 5.91 Å². The van der Waals surface area contributed by atoms with E-state index < -0.39 is 15.9 Å². The standard InChI is InChI=1S/C32H34N4O6S/c1-31(2,3)23-15-20(16-24-29(23)42-18-32(24,4)5)34-30(37)25-17-26(19-6-11-27-28(14-19)41-13-12-40-27)36(35-25)21-7-9-22(10-8-21)43(33,38)39/h6-11,14-17H,12-13,18H2,1-5H3,(H,34,37)(H2,33,38,39). The van der Waals surface area contributed by atoms with Gasteiger partial charge in [0, 0.05) is 27.8 Å². The summed E-state index contributed by atoms with van der Waals surface area (Å²) in [5.74, 6) is 1.71. The zero-order valence-electron chi connectivity index (χ0n) is 24.7. The molecule has 0 unspecified atom stereocenters. The summed E-state index contributed by atoms with van der Waals surface area (Å²) in [5, 5.41) is 13.0. The summed E-state index contributed by atoms with van der Waals surface area (Å²) in [6.07, 6.45) is 0. The van der Waals surface area contributed by atoms with Crippen molar-refractivity contribution in [2.45, 2.75) is 50.3 Å². The van der Waals surface area contributed by atoms with Crippen LogP contribution < -0.4 is 24.7 Å². The number of sulfonamides is 1. The monoisotopic (exact) mass is 602 g/mol. The molecule has 3 N–H and O–H groups in total. The molecule has 3 heterocycles. The van der Waals surface area contributed by atoms with Gasteiger partial charge in [0.1, 0.15) is 19.0 Å². The maximum absolute atomic E-state index is 13.7. The van der Waals surface area contributed by atoms with Crippen LogP contribution in [0.15, 0.2) is 65.6 Å². The third-order valence-corrected chi connectivity index (χ3v) is 8.58.